The van der Waals surface area contributed by atoms with E-state index in [0.29, 0.717) is 0 Å². The maximum absolute atomic E-state index is 3.31. The standard InChI is InChI=1S/C9H8Br/c10-8-4-7-9-5-2-1-3-6-9/h1-5,7H,8H2/b7-4+. The van der Waals surface area contributed by atoms with Gasteiger partial charge in [0.2, 0.25) is 0 Å². The lowest BCUT2D eigenvalue weighted by Crippen LogP contribution is -1.68. The Labute approximate surface area is 69.7 Å². The second kappa shape index (κ2) is 4.29. The van der Waals surface area contributed by atoms with Crippen molar-refractivity contribution in [2.75, 3.05) is 5.33 Å². The van der Waals surface area contributed by atoms with Gasteiger partial charge in [0.1, 0.15) is 0 Å². The first kappa shape index (κ1) is 7.55. The number of alkyl halides is 1. The topological polar surface area (TPSA) is 0 Å². The number of halogens is 1. The van der Waals surface area contributed by atoms with Crippen molar-refractivity contribution in [3.8, 4) is 0 Å². The number of allylic oxidation sites excluding steroid dienone is 1. The van der Waals surface area contributed by atoms with Crippen molar-refractivity contribution in [3.63, 3.8) is 0 Å². The minimum atomic E-state index is 0.899. The van der Waals surface area contributed by atoms with Gasteiger partial charge in [0, 0.05) is 5.33 Å². The molecule has 51 valence electrons. The van der Waals surface area contributed by atoms with Crippen molar-refractivity contribution >= 4 is 22.0 Å². The molecule has 0 fully saturated rings. The molecule has 0 atom stereocenters. The van der Waals surface area contributed by atoms with Crippen molar-refractivity contribution in [3.05, 3.63) is 42.0 Å². The normalized spacial score (nSPS) is 10.5. The van der Waals surface area contributed by atoms with Gasteiger partial charge in [-0.05, 0) is 11.6 Å². The quantitative estimate of drug-likeness (QED) is 0.638. The van der Waals surface area contributed by atoms with Gasteiger partial charge >= 0.3 is 0 Å². The van der Waals surface area contributed by atoms with Gasteiger partial charge in [-0.15, -0.1) is 0 Å². The lowest BCUT2D eigenvalue weighted by Gasteiger charge is -1.87. The Morgan fingerprint density at radius 3 is 3.00 bits per heavy atom. The maximum atomic E-state index is 3.31. The predicted molar refractivity (Wildman–Crippen MR) is 48.1 cm³/mol. The van der Waals surface area contributed by atoms with E-state index in [1.807, 2.05) is 36.4 Å². The van der Waals surface area contributed by atoms with E-state index in [2.05, 4.69) is 22.0 Å². The molecule has 0 aromatic heterocycles. The SMILES string of the molecule is BrC/C=C/c1[c]cccc1. The van der Waals surface area contributed by atoms with E-state index in [-0.39, 0.29) is 0 Å². The van der Waals surface area contributed by atoms with E-state index in [0.717, 1.165) is 10.9 Å². The van der Waals surface area contributed by atoms with Crippen LogP contribution in [0.15, 0.2) is 30.3 Å². The minimum absolute atomic E-state index is 0.899. The van der Waals surface area contributed by atoms with Gasteiger partial charge in [-0.1, -0.05) is 52.3 Å². The highest BCUT2D eigenvalue weighted by Crippen LogP contribution is 1.99. The van der Waals surface area contributed by atoms with Crippen LogP contribution >= 0.6 is 15.9 Å². The fourth-order valence-corrected chi connectivity index (χ4v) is 0.869. The molecule has 0 aliphatic rings. The Hall–Kier alpha value is -0.560. The molecule has 0 aliphatic carbocycles. The lowest BCUT2D eigenvalue weighted by molar-refractivity contribution is 1.63. The third-order valence-corrected chi connectivity index (χ3v) is 1.49. The average Bonchev–Trinajstić information content (AvgIpc) is 2.03. The Balaban J connectivity index is 2.67. The van der Waals surface area contributed by atoms with Crippen LogP contribution in [0.5, 0.6) is 0 Å². The highest BCUT2D eigenvalue weighted by molar-refractivity contribution is 9.09. The first-order valence-corrected chi connectivity index (χ1v) is 4.25. The first-order valence-electron chi connectivity index (χ1n) is 3.12. The Bertz CT molecular complexity index is 201. The summed E-state index contributed by atoms with van der Waals surface area (Å²) in [6, 6.07) is 11.0. The fraction of sp³-hybridized carbons (Fsp3) is 0.111. The van der Waals surface area contributed by atoms with E-state index in [1.165, 1.54) is 0 Å². The molecule has 1 rings (SSSR count). The highest BCUT2D eigenvalue weighted by atomic mass is 79.9. The van der Waals surface area contributed by atoms with E-state index >= 15 is 0 Å². The molecule has 0 amide bonds. The molecule has 0 aliphatic heterocycles. The summed E-state index contributed by atoms with van der Waals surface area (Å²) in [6.07, 6.45) is 4.08. The Morgan fingerprint density at radius 1 is 1.50 bits per heavy atom. The van der Waals surface area contributed by atoms with Crippen LogP contribution in [0, 0.1) is 6.07 Å². The van der Waals surface area contributed by atoms with Gasteiger partial charge in [0.05, 0.1) is 0 Å². The summed E-state index contributed by atoms with van der Waals surface area (Å²) in [5, 5.41) is 0.899. The summed E-state index contributed by atoms with van der Waals surface area (Å²) in [5.74, 6) is 0. The van der Waals surface area contributed by atoms with E-state index in [1.54, 1.807) is 0 Å². The predicted octanol–water partition coefficient (Wildman–Crippen LogP) is 2.89. The van der Waals surface area contributed by atoms with Crippen LogP contribution in [0.2, 0.25) is 0 Å². The highest BCUT2D eigenvalue weighted by Gasteiger charge is 1.80. The van der Waals surface area contributed by atoms with Crippen LogP contribution in [0.4, 0.5) is 0 Å². The number of benzene rings is 1. The molecule has 0 nitrogen and oxygen atoms in total. The molecule has 0 saturated carbocycles. The second-order valence-corrected chi connectivity index (χ2v) is 2.52. The summed E-state index contributed by atoms with van der Waals surface area (Å²) in [6.45, 7) is 0. The molecular formula is C9H8Br. The molecule has 1 radical (unpaired) electrons. The van der Waals surface area contributed by atoms with Crippen molar-refractivity contribution < 1.29 is 0 Å². The van der Waals surface area contributed by atoms with E-state index < -0.39 is 0 Å². The molecule has 1 aromatic carbocycles. The van der Waals surface area contributed by atoms with Crippen LogP contribution in [-0.2, 0) is 0 Å². The Morgan fingerprint density at radius 2 is 2.40 bits per heavy atom. The van der Waals surface area contributed by atoms with Crippen molar-refractivity contribution in [2.24, 2.45) is 0 Å². The van der Waals surface area contributed by atoms with Crippen LogP contribution < -0.4 is 0 Å². The largest absolute Gasteiger partial charge is 0.0883 e. The zero-order valence-electron chi connectivity index (χ0n) is 5.55. The molecule has 0 heterocycles. The molecular weight excluding hydrogens is 188 g/mol. The third kappa shape index (κ3) is 2.36. The lowest BCUT2D eigenvalue weighted by atomic mass is 10.2. The van der Waals surface area contributed by atoms with Crippen LogP contribution in [0.25, 0.3) is 6.08 Å². The maximum Gasteiger partial charge on any atom is 0.0215 e. The monoisotopic (exact) mass is 195 g/mol. The number of rotatable bonds is 2. The molecule has 1 heteroatoms. The third-order valence-electron chi connectivity index (χ3n) is 1.12. The van der Waals surface area contributed by atoms with Crippen LogP contribution in [0.3, 0.4) is 0 Å². The average molecular weight is 196 g/mol. The molecule has 10 heavy (non-hydrogen) atoms. The smallest absolute Gasteiger partial charge is 0.0215 e. The molecule has 0 N–H and O–H groups in total. The van der Waals surface area contributed by atoms with Gasteiger partial charge in [-0.25, -0.2) is 0 Å². The van der Waals surface area contributed by atoms with E-state index in [4.69, 9.17) is 0 Å². The number of hydrogen-bond donors (Lipinski definition) is 0. The molecule has 1 aromatic rings. The van der Waals surface area contributed by atoms with Gasteiger partial charge in [-0.3, -0.25) is 0 Å². The van der Waals surface area contributed by atoms with Gasteiger partial charge < -0.3 is 0 Å². The minimum Gasteiger partial charge on any atom is -0.0883 e. The molecule has 0 spiro atoms. The van der Waals surface area contributed by atoms with E-state index in [9.17, 15) is 0 Å². The Kier molecular flexibility index (Phi) is 3.23. The first-order chi connectivity index (χ1) is 4.93. The van der Waals surface area contributed by atoms with Crippen LogP contribution in [0.1, 0.15) is 5.56 Å². The van der Waals surface area contributed by atoms with Crippen molar-refractivity contribution in [1.82, 2.24) is 0 Å². The summed E-state index contributed by atoms with van der Waals surface area (Å²) in [4.78, 5) is 0. The molecule has 0 unspecified atom stereocenters. The van der Waals surface area contributed by atoms with Crippen molar-refractivity contribution in [1.29, 1.82) is 0 Å². The van der Waals surface area contributed by atoms with Crippen LogP contribution in [-0.4, -0.2) is 5.33 Å². The summed E-state index contributed by atoms with van der Waals surface area (Å²) in [7, 11) is 0. The van der Waals surface area contributed by atoms with Crippen molar-refractivity contribution in [2.45, 2.75) is 0 Å². The van der Waals surface area contributed by atoms with Gasteiger partial charge in [0.25, 0.3) is 0 Å². The molecule has 0 bridgehead atoms. The molecule has 0 saturated heterocycles. The summed E-state index contributed by atoms with van der Waals surface area (Å²) < 4.78 is 0. The van der Waals surface area contributed by atoms with Gasteiger partial charge in [0.15, 0.2) is 0 Å². The summed E-state index contributed by atoms with van der Waals surface area (Å²) in [5.41, 5.74) is 1.13. The fourth-order valence-electron chi connectivity index (χ4n) is 0.682. The van der Waals surface area contributed by atoms with Gasteiger partial charge in [-0.2, -0.15) is 0 Å². The number of hydrogen-bond acceptors (Lipinski definition) is 0. The summed E-state index contributed by atoms with van der Waals surface area (Å²) >= 11 is 3.31. The zero-order valence-corrected chi connectivity index (χ0v) is 7.14. The zero-order chi connectivity index (χ0) is 7.23. The second-order valence-electron chi connectivity index (χ2n) is 1.87.